The highest BCUT2D eigenvalue weighted by Crippen LogP contribution is 2.32. The maximum absolute atomic E-state index is 9.22. The molecule has 0 aliphatic carbocycles. The molecule has 1 unspecified atom stereocenters. The molecule has 2 nitrogen and oxygen atoms in total. The van der Waals surface area contributed by atoms with Crippen molar-refractivity contribution in [2.75, 3.05) is 7.05 Å². The predicted molar refractivity (Wildman–Crippen MR) is 67.1 cm³/mol. The Morgan fingerprint density at radius 1 is 1.33 bits per heavy atom. The van der Waals surface area contributed by atoms with Gasteiger partial charge in [-0.3, -0.25) is 0 Å². The van der Waals surface area contributed by atoms with Crippen LogP contribution in [-0.2, 0) is 0 Å². The minimum atomic E-state index is 0.297. The first kappa shape index (κ1) is 12.1. The van der Waals surface area contributed by atoms with Gasteiger partial charge >= 0.3 is 0 Å². The maximum atomic E-state index is 9.22. The molecule has 0 saturated heterocycles. The van der Waals surface area contributed by atoms with Crippen LogP contribution in [0.1, 0.15) is 31.9 Å². The van der Waals surface area contributed by atoms with E-state index in [9.17, 15) is 5.11 Å². The second-order valence-corrected chi connectivity index (χ2v) is 5.20. The van der Waals surface area contributed by atoms with Crippen LogP contribution in [0.3, 0.4) is 0 Å². The van der Waals surface area contributed by atoms with E-state index >= 15 is 0 Å². The summed E-state index contributed by atoms with van der Waals surface area (Å²) in [6.45, 7) is 4.47. The third-order valence-corrected chi connectivity index (χ3v) is 2.46. The molecule has 0 bridgehead atoms. The molecule has 0 aliphatic rings. The molecule has 1 aromatic carbocycles. The monoisotopic (exact) mass is 205 g/mol. The second kappa shape index (κ2) is 4.71. The number of rotatable bonds is 4. The predicted octanol–water partition coefficient (Wildman–Crippen LogP) is 1.87. The zero-order valence-electron chi connectivity index (χ0n) is 10.0. The van der Waals surface area contributed by atoms with Crippen LogP contribution in [0.15, 0.2) is 24.3 Å². The molecule has 0 spiro atoms. The van der Waals surface area contributed by atoms with Gasteiger partial charge in [-0.15, -0.1) is 0 Å². The van der Waals surface area contributed by atoms with Gasteiger partial charge in [0.1, 0.15) is 13.6 Å². The quantitative estimate of drug-likeness (QED) is 0.735. The number of phenols is 1. The molecule has 0 aromatic heterocycles. The molecular formula is C12H20BNO. The Balaban J connectivity index is 2.79. The van der Waals surface area contributed by atoms with Crippen molar-refractivity contribution in [3.8, 4) is 5.75 Å². The fourth-order valence-electron chi connectivity index (χ4n) is 1.71. The molecule has 0 radical (unpaired) electrons. The summed E-state index contributed by atoms with van der Waals surface area (Å²) in [6, 6.07) is 7.78. The van der Waals surface area contributed by atoms with E-state index in [0.717, 1.165) is 6.42 Å². The number of hydrogen-bond acceptors (Lipinski definition) is 2. The lowest BCUT2D eigenvalue weighted by atomic mass is 9.68. The van der Waals surface area contributed by atoms with Gasteiger partial charge in [-0.2, -0.15) is 0 Å². The smallest absolute Gasteiger partial charge is 0.115 e. The molecule has 0 aliphatic heterocycles. The summed E-state index contributed by atoms with van der Waals surface area (Å²) in [4.78, 5) is 0. The summed E-state index contributed by atoms with van der Waals surface area (Å²) in [5, 5.41) is 12.8. The first-order chi connectivity index (χ1) is 6.92. The highest BCUT2D eigenvalue weighted by atomic mass is 16.3. The summed E-state index contributed by atoms with van der Waals surface area (Å²) in [6.07, 6.45) is 1.08. The summed E-state index contributed by atoms with van der Waals surface area (Å²) < 4.78 is 0. The van der Waals surface area contributed by atoms with Crippen LogP contribution >= 0.6 is 0 Å². The van der Waals surface area contributed by atoms with E-state index < -0.39 is 0 Å². The highest BCUT2D eigenvalue weighted by Gasteiger charge is 2.18. The van der Waals surface area contributed by atoms with Crippen molar-refractivity contribution in [2.45, 2.75) is 31.6 Å². The Kier molecular flexibility index (Phi) is 3.80. The molecule has 3 heteroatoms. The van der Waals surface area contributed by atoms with E-state index in [0.29, 0.717) is 17.1 Å². The van der Waals surface area contributed by atoms with E-state index in [4.69, 9.17) is 0 Å². The molecule has 0 fully saturated rings. The summed E-state index contributed by atoms with van der Waals surface area (Å²) in [7, 11) is 4.21. The molecule has 2 N–H and O–H groups in total. The van der Waals surface area contributed by atoms with Crippen LogP contribution in [0, 0.1) is 0 Å². The molecular weight excluding hydrogens is 185 g/mol. The number of hydrogen-bond donors (Lipinski definition) is 2. The van der Waals surface area contributed by atoms with Crippen LogP contribution in [0.4, 0.5) is 0 Å². The molecule has 0 saturated carbocycles. The molecule has 15 heavy (non-hydrogen) atoms. The van der Waals surface area contributed by atoms with E-state index in [1.807, 2.05) is 19.2 Å². The zero-order valence-corrected chi connectivity index (χ0v) is 10.0. The Bertz CT molecular complexity index is 302. The Labute approximate surface area is 93.1 Å². The van der Waals surface area contributed by atoms with Crippen molar-refractivity contribution in [3.05, 3.63) is 29.8 Å². The fraction of sp³-hybridized carbons (Fsp3) is 0.500. The van der Waals surface area contributed by atoms with Crippen LogP contribution < -0.4 is 5.32 Å². The van der Waals surface area contributed by atoms with Gasteiger partial charge in [0.2, 0.25) is 0 Å². The third-order valence-electron chi connectivity index (χ3n) is 2.46. The maximum Gasteiger partial charge on any atom is 0.115 e. The van der Waals surface area contributed by atoms with E-state index in [2.05, 4.69) is 27.0 Å². The van der Waals surface area contributed by atoms with E-state index in [1.54, 1.807) is 12.1 Å². The fourth-order valence-corrected chi connectivity index (χ4v) is 1.71. The number of aromatic hydroxyl groups is 1. The summed E-state index contributed by atoms with van der Waals surface area (Å²) >= 11 is 0. The van der Waals surface area contributed by atoms with E-state index in [-0.39, 0.29) is 0 Å². The van der Waals surface area contributed by atoms with Crippen molar-refractivity contribution < 1.29 is 5.11 Å². The first-order valence-corrected chi connectivity index (χ1v) is 5.38. The molecule has 0 amide bonds. The Hall–Kier alpha value is -0.955. The van der Waals surface area contributed by atoms with Gasteiger partial charge in [0.15, 0.2) is 0 Å². The SMILES string of the molecule is BC(C)(C)CC(NC)c1ccc(O)cc1. The molecule has 1 rings (SSSR count). The lowest BCUT2D eigenvalue weighted by molar-refractivity contribution is 0.464. The van der Waals surface area contributed by atoms with Crippen LogP contribution in [0.2, 0.25) is 5.31 Å². The van der Waals surface area contributed by atoms with Gasteiger partial charge < -0.3 is 10.4 Å². The topological polar surface area (TPSA) is 32.3 Å². The van der Waals surface area contributed by atoms with Gasteiger partial charge in [-0.05, 0) is 31.2 Å². The lowest BCUT2D eigenvalue weighted by Crippen LogP contribution is -2.21. The van der Waals surface area contributed by atoms with Gasteiger partial charge in [0.05, 0.1) is 0 Å². The summed E-state index contributed by atoms with van der Waals surface area (Å²) in [5.74, 6) is 0.323. The lowest BCUT2D eigenvalue weighted by Gasteiger charge is -2.26. The van der Waals surface area contributed by atoms with Crippen molar-refractivity contribution in [2.24, 2.45) is 0 Å². The molecule has 1 aromatic rings. The van der Waals surface area contributed by atoms with Gasteiger partial charge in [0, 0.05) is 6.04 Å². The average Bonchev–Trinajstić information content (AvgIpc) is 2.14. The van der Waals surface area contributed by atoms with Gasteiger partial charge in [-0.25, -0.2) is 0 Å². The van der Waals surface area contributed by atoms with Crippen molar-refractivity contribution >= 4 is 7.85 Å². The number of phenolic OH excluding ortho intramolecular Hbond substituents is 1. The minimum absolute atomic E-state index is 0.297. The number of nitrogens with one attached hydrogen (secondary N) is 1. The third kappa shape index (κ3) is 3.96. The Morgan fingerprint density at radius 3 is 2.27 bits per heavy atom. The standard InChI is InChI=1S/C12H20BNO/c1-12(2,13)8-11(14-3)9-4-6-10(15)7-5-9/h4-7,11,14-15H,8,13H2,1-3H3. The second-order valence-electron chi connectivity index (χ2n) is 5.20. The number of benzene rings is 1. The van der Waals surface area contributed by atoms with Crippen LogP contribution in [0.25, 0.3) is 0 Å². The van der Waals surface area contributed by atoms with Gasteiger partial charge in [-0.1, -0.05) is 31.3 Å². The average molecular weight is 205 g/mol. The van der Waals surface area contributed by atoms with Crippen molar-refractivity contribution in [1.29, 1.82) is 0 Å². The van der Waals surface area contributed by atoms with Gasteiger partial charge in [0.25, 0.3) is 0 Å². The first-order valence-electron chi connectivity index (χ1n) is 5.38. The normalized spacial score (nSPS) is 13.8. The van der Waals surface area contributed by atoms with E-state index in [1.165, 1.54) is 5.56 Å². The minimum Gasteiger partial charge on any atom is -0.508 e. The zero-order chi connectivity index (χ0) is 11.5. The Morgan fingerprint density at radius 2 is 1.87 bits per heavy atom. The molecule has 82 valence electrons. The highest BCUT2D eigenvalue weighted by molar-refractivity contribution is 6.14. The molecule has 0 heterocycles. The largest absolute Gasteiger partial charge is 0.508 e. The van der Waals surface area contributed by atoms with Crippen molar-refractivity contribution in [3.63, 3.8) is 0 Å². The molecule has 1 atom stereocenters. The van der Waals surface area contributed by atoms with Crippen LogP contribution in [0.5, 0.6) is 5.75 Å². The summed E-state index contributed by atoms with van der Waals surface area (Å²) in [5.41, 5.74) is 1.23. The van der Waals surface area contributed by atoms with Crippen LogP contribution in [-0.4, -0.2) is 20.0 Å². The van der Waals surface area contributed by atoms with Crippen molar-refractivity contribution in [1.82, 2.24) is 5.32 Å².